The predicted octanol–water partition coefficient (Wildman–Crippen LogP) is 4.29. The van der Waals surface area contributed by atoms with Gasteiger partial charge in [0, 0.05) is 41.6 Å². The summed E-state index contributed by atoms with van der Waals surface area (Å²) in [6, 6.07) is 19.9. The second kappa shape index (κ2) is 6.75. The molecular formula is C22H16N4. The Hall–Kier alpha value is -3.55. The van der Waals surface area contributed by atoms with E-state index in [2.05, 4.69) is 34.2 Å². The summed E-state index contributed by atoms with van der Waals surface area (Å²) in [6.07, 6.45) is 5.53. The van der Waals surface area contributed by atoms with Crippen LogP contribution in [0.2, 0.25) is 0 Å². The Bertz CT molecular complexity index is 1110. The molecule has 4 nitrogen and oxygen atoms in total. The van der Waals surface area contributed by atoms with Crippen LogP contribution in [0.5, 0.6) is 0 Å². The van der Waals surface area contributed by atoms with Gasteiger partial charge in [0.2, 0.25) is 0 Å². The van der Waals surface area contributed by atoms with Crippen LogP contribution in [0.4, 0.5) is 0 Å². The summed E-state index contributed by atoms with van der Waals surface area (Å²) in [5.41, 5.74) is 12.4. The molecule has 0 atom stereocenters. The van der Waals surface area contributed by atoms with Crippen LogP contribution in [-0.2, 0) is 6.54 Å². The molecule has 0 aliphatic carbocycles. The maximum Gasteiger partial charge on any atom is 0.0991 e. The largest absolute Gasteiger partial charge is 0.326 e. The average molecular weight is 336 g/mol. The molecule has 0 aliphatic heterocycles. The third kappa shape index (κ3) is 2.92. The summed E-state index contributed by atoms with van der Waals surface area (Å²) in [6.45, 7) is 0.528. The number of rotatable bonds is 3. The fourth-order valence-electron chi connectivity index (χ4n) is 2.99. The van der Waals surface area contributed by atoms with Crippen molar-refractivity contribution in [3.05, 3.63) is 84.3 Å². The van der Waals surface area contributed by atoms with E-state index in [4.69, 9.17) is 11.0 Å². The molecule has 2 heterocycles. The fourth-order valence-corrected chi connectivity index (χ4v) is 2.99. The van der Waals surface area contributed by atoms with Gasteiger partial charge in [0.25, 0.3) is 0 Å². The summed E-state index contributed by atoms with van der Waals surface area (Å²) in [4.78, 5) is 9.08. The Labute approximate surface area is 151 Å². The van der Waals surface area contributed by atoms with E-state index in [9.17, 15) is 0 Å². The second-order valence-corrected chi connectivity index (χ2v) is 6.07. The smallest absolute Gasteiger partial charge is 0.0991 e. The molecule has 124 valence electrons. The van der Waals surface area contributed by atoms with E-state index in [1.54, 1.807) is 0 Å². The number of nitrogens with zero attached hydrogens (tertiary/aromatic N) is 3. The zero-order valence-corrected chi connectivity index (χ0v) is 14.1. The number of hydrogen-bond donors (Lipinski definition) is 1. The van der Waals surface area contributed by atoms with Crippen molar-refractivity contribution in [1.29, 1.82) is 5.26 Å². The van der Waals surface area contributed by atoms with E-state index in [-0.39, 0.29) is 0 Å². The molecule has 2 N–H and O–H groups in total. The van der Waals surface area contributed by atoms with Crippen molar-refractivity contribution in [2.24, 2.45) is 5.73 Å². The third-order valence-electron chi connectivity index (χ3n) is 4.44. The lowest BCUT2D eigenvalue weighted by molar-refractivity contribution is 1.07. The fraction of sp³-hybridized carbons (Fsp3) is 0.0455. The molecule has 26 heavy (non-hydrogen) atoms. The number of hydrogen-bond acceptors (Lipinski definition) is 4. The number of fused-ring (bicyclic) bond motifs is 1. The van der Waals surface area contributed by atoms with E-state index in [1.165, 1.54) is 0 Å². The maximum absolute atomic E-state index is 8.93. The molecule has 0 fully saturated rings. The first-order valence-electron chi connectivity index (χ1n) is 8.32. The maximum atomic E-state index is 8.93. The van der Waals surface area contributed by atoms with Crippen molar-refractivity contribution in [3.8, 4) is 28.3 Å². The Morgan fingerprint density at radius 1 is 0.846 bits per heavy atom. The molecule has 0 bridgehead atoms. The normalized spacial score (nSPS) is 10.6. The van der Waals surface area contributed by atoms with Gasteiger partial charge in [0.15, 0.2) is 0 Å². The lowest BCUT2D eigenvalue weighted by Crippen LogP contribution is -1.95. The predicted molar refractivity (Wildman–Crippen MR) is 103 cm³/mol. The zero-order chi connectivity index (χ0) is 17.9. The van der Waals surface area contributed by atoms with Crippen LogP contribution in [0.1, 0.15) is 11.1 Å². The van der Waals surface area contributed by atoms with E-state index in [1.807, 2.05) is 55.0 Å². The molecule has 2 aromatic carbocycles. The Kier molecular flexibility index (Phi) is 4.14. The van der Waals surface area contributed by atoms with Crippen LogP contribution >= 0.6 is 0 Å². The Morgan fingerprint density at radius 3 is 2.27 bits per heavy atom. The number of aromatic nitrogens is 2. The number of pyridine rings is 2. The highest BCUT2D eigenvalue weighted by molar-refractivity contribution is 5.94. The summed E-state index contributed by atoms with van der Waals surface area (Å²) in [5.74, 6) is 0. The summed E-state index contributed by atoms with van der Waals surface area (Å²) in [7, 11) is 0. The summed E-state index contributed by atoms with van der Waals surface area (Å²) < 4.78 is 0. The first-order valence-corrected chi connectivity index (χ1v) is 8.32. The van der Waals surface area contributed by atoms with Crippen LogP contribution < -0.4 is 5.73 Å². The van der Waals surface area contributed by atoms with Gasteiger partial charge >= 0.3 is 0 Å². The molecule has 0 radical (unpaired) electrons. The highest BCUT2D eigenvalue weighted by Gasteiger charge is 2.08. The molecule has 0 saturated heterocycles. The van der Waals surface area contributed by atoms with Crippen molar-refractivity contribution < 1.29 is 0 Å². The summed E-state index contributed by atoms with van der Waals surface area (Å²) >= 11 is 0. The minimum atomic E-state index is 0.528. The molecule has 0 amide bonds. The Morgan fingerprint density at radius 2 is 1.58 bits per heavy atom. The molecule has 0 spiro atoms. The topological polar surface area (TPSA) is 75.6 Å². The molecule has 4 rings (SSSR count). The van der Waals surface area contributed by atoms with Crippen LogP contribution in [-0.4, -0.2) is 9.97 Å². The molecule has 0 saturated carbocycles. The third-order valence-corrected chi connectivity index (χ3v) is 4.44. The van der Waals surface area contributed by atoms with Gasteiger partial charge in [-0.25, -0.2) is 0 Å². The Balaban J connectivity index is 1.78. The second-order valence-electron chi connectivity index (χ2n) is 6.07. The molecular weight excluding hydrogens is 320 g/mol. The number of nitriles is 1. The van der Waals surface area contributed by atoms with Gasteiger partial charge in [-0.05, 0) is 34.9 Å². The first-order chi connectivity index (χ1) is 12.8. The van der Waals surface area contributed by atoms with Crippen LogP contribution in [0.15, 0.2) is 73.2 Å². The van der Waals surface area contributed by atoms with Gasteiger partial charge in [-0.2, -0.15) is 5.26 Å². The minimum Gasteiger partial charge on any atom is -0.326 e. The zero-order valence-electron chi connectivity index (χ0n) is 14.1. The van der Waals surface area contributed by atoms with Gasteiger partial charge in [0.1, 0.15) is 0 Å². The number of nitrogens with two attached hydrogens (primary N) is 1. The van der Waals surface area contributed by atoms with Crippen LogP contribution in [0.25, 0.3) is 33.2 Å². The lowest BCUT2D eigenvalue weighted by atomic mass is 10.0. The monoisotopic (exact) mass is 336 g/mol. The average Bonchev–Trinajstić information content (AvgIpc) is 2.73. The van der Waals surface area contributed by atoms with Crippen molar-refractivity contribution in [1.82, 2.24) is 9.97 Å². The molecule has 4 heteroatoms. The van der Waals surface area contributed by atoms with Crippen LogP contribution in [0.3, 0.4) is 0 Å². The van der Waals surface area contributed by atoms with Gasteiger partial charge in [0.05, 0.1) is 17.1 Å². The molecule has 2 aromatic heterocycles. The standard InChI is InChI=1S/C22H16N4/c23-10-15-1-5-17(6-2-15)19-9-20-12-25-14-21(22(20)26-13-19)18-7-3-16(11-24)4-8-18/h1-9,12-14H,11,24H2. The molecule has 0 unspecified atom stereocenters. The quantitative estimate of drug-likeness (QED) is 0.605. The minimum absolute atomic E-state index is 0.528. The van der Waals surface area contributed by atoms with Crippen molar-refractivity contribution >= 4 is 10.9 Å². The van der Waals surface area contributed by atoms with Gasteiger partial charge in [-0.15, -0.1) is 0 Å². The van der Waals surface area contributed by atoms with Gasteiger partial charge in [-0.3, -0.25) is 9.97 Å². The van der Waals surface area contributed by atoms with Crippen molar-refractivity contribution in [2.75, 3.05) is 0 Å². The lowest BCUT2D eigenvalue weighted by Gasteiger charge is -2.08. The molecule has 0 aliphatic rings. The van der Waals surface area contributed by atoms with E-state index < -0.39 is 0 Å². The highest BCUT2D eigenvalue weighted by Crippen LogP contribution is 2.29. The van der Waals surface area contributed by atoms with Gasteiger partial charge in [-0.1, -0.05) is 36.4 Å². The number of benzene rings is 2. The van der Waals surface area contributed by atoms with Crippen LogP contribution in [0, 0.1) is 11.3 Å². The highest BCUT2D eigenvalue weighted by atomic mass is 14.7. The van der Waals surface area contributed by atoms with E-state index >= 15 is 0 Å². The molecule has 4 aromatic rings. The first kappa shape index (κ1) is 15.9. The van der Waals surface area contributed by atoms with Gasteiger partial charge < -0.3 is 5.73 Å². The van der Waals surface area contributed by atoms with E-state index in [0.717, 1.165) is 38.7 Å². The van der Waals surface area contributed by atoms with E-state index in [0.29, 0.717) is 12.1 Å². The van der Waals surface area contributed by atoms with Crippen molar-refractivity contribution in [2.45, 2.75) is 6.54 Å². The van der Waals surface area contributed by atoms with Crippen molar-refractivity contribution in [3.63, 3.8) is 0 Å². The SMILES string of the molecule is N#Cc1ccc(-c2cnc3c(-c4ccc(CN)cc4)cncc3c2)cc1. The summed E-state index contributed by atoms with van der Waals surface area (Å²) in [5, 5.41) is 9.91.